The quantitative estimate of drug-likeness (QED) is 0.488. The van der Waals surface area contributed by atoms with Crippen molar-refractivity contribution >= 4 is 33.4 Å². The number of hydrogen-bond donors (Lipinski definition) is 2. The standard InChI is InChI=1S/C20H14FN7O/c1-28-9-12(8-26-28)11-6-15-17(16(29)7-11)20(25-10-24-15)27-13-2-3-14-19(18(13)21)23-5-4-22-14/h2-10,29H,1H3,(H,24,25,27). The summed E-state index contributed by atoms with van der Waals surface area (Å²) in [5, 5.41) is 18.1. The molecule has 9 heteroatoms. The van der Waals surface area contributed by atoms with E-state index in [-0.39, 0.29) is 22.8 Å². The molecule has 3 heterocycles. The number of aromatic nitrogens is 6. The Morgan fingerprint density at radius 3 is 2.69 bits per heavy atom. The highest BCUT2D eigenvalue weighted by Crippen LogP contribution is 2.35. The highest BCUT2D eigenvalue weighted by atomic mass is 19.1. The number of hydrogen-bond acceptors (Lipinski definition) is 7. The number of aromatic hydroxyl groups is 1. The third-order valence-corrected chi connectivity index (χ3v) is 4.59. The van der Waals surface area contributed by atoms with Gasteiger partial charge in [0, 0.05) is 31.2 Å². The number of nitrogens with zero attached hydrogens (tertiary/aromatic N) is 6. The summed E-state index contributed by atoms with van der Waals surface area (Å²) in [5.74, 6) is -0.286. The molecule has 0 saturated heterocycles. The van der Waals surface area contributed by atoms with Crippen LogP contribution in [0.15, 0.2) is 55.4 Å². The number of fused-ring (bicyclic) bond motifs is 2. The van der Waals surface area contributed by atoms with Gasteiger partial charge in [-0.25, -0.2) is 19.3 Å². The molecule has 2 N–H and O–H groups in total. The zero-order valence-electron chi connectivity index (χ0n) is 15.2. The Morgan fingerprint density at radius 2 is 1.86 bits per heavy atom. The zero-order valence-corrected chi connectivity index (χ0v) is 15.2. The number of nitrogens with one attached hydrogen (secondary N) is 1. The Hall–Kier alpha value is -4.14. The molecule has 3 aromatic heterocycles. The summed E-state index contributed by atoms with van der Waals surface area (Å²) in [5.41, 5.74) is 2.90. The van der Waals surface area contributed by atoms with Crippen molar-refractivity contribution in [3.8, 4) is 16.9 Å². The lowest BCUT2D eigenvalue weighted by Gasteiger charge is -2.12. The number of anilines is 2. The molecule has 5 aromatic rings. The Kier molecular flexibility index (Phi) is 3.80. The Labute approximate surface area is 163 Å². The molecule has 5 rings (SSSR count). The maximum Gasteiger partial charge on any atom is 0.174 e. The monoisotopic (exact) mass is 387 g/mol. The van der Waals surface area contributed by atoms with Gasteiger partial charge in [0.15, 0.2) is 5.82 Å². The van der Waals surface area contributed by atoms with Gasteiger partial charge in [0.25, 0.3) is 0 Å². The van der Waals surface area contributed by atoms with Crippen LogP contribution in [0.3, 0.4) is 0 Å². The lowest BCUT2D eigenvalue weighted by molar-refractivity contribution is 0.482. The van der Waals surface area contributed by atoms with Crippen molar-refractivity contribution in [1.29, 1.82) is 0 Å². The SMILES string of the molecule is Cn1cc(-c2cc(O)c3c(Nc4ccc5nccnc5c4F)ncnc3c2)cn1. The van der Waals surface area contributed by atoms with Gasteiger partial charge in [-0.2, -0.15) is 5.10 Å². The average molecular weight is 387 g/mol. The summed E-state index contributed by atoms with van der Waals surface area (Å²) >= 11 is 0. The van der Waals surface area contributed by atoms with E-state index in [1.165, 1.54) is 18.7 Å². The Balaban J connectivity index is 1.62. The molecule has 0 aliphatic carbocycles. The number of phenols is 1. The molecule has 2 aromatic carbocycles. The number of halogens is 1. The topological polar surface area (TPSA) is 102 Å². The lowest BCUT2D eigenvalue weighted by atomic mass is 10.1. The molecule has 0 amide bonds. The van der Waals surface area contributed by atoms with Crippen LogP contribution in [0.2, 0.25) is 0 Å². The highest BCUT2D eigenvalue weighted by molar-refractivity contribution is 5.98. The van der Waals surface area contributed by atoms with Crippen molar-refractivity contribution < 1.29 is 9.50 Å². The second-order valence-corrected chi connectivity index (χ2v) is 6.49. The van der Waals surface area contributed by atoms with Gasteiger partial charge in [-0.05, 0) is 29.8 Å². The van der Waals surface area contributed by atoms with Crippen molar-refractivity contribution in [3.05, 3.63) is 61.2 Å². The van der Waals surface area contributed by atoms with Crippen LogP contribution in [0.25, 0.3) is 33.1 Å². The molecular formula is C20H14FN7O. The Morgan fingerprint density at radius 1 is 1.00 bits per heavy atom. The first-order valence-electron chi connectivity index (χ1n) is 8.73. The van der Waals surface area contributed by atoms with E-state index < -0.39 is 5.82 Å². The molecular weight excluding hydrogens is 373 g/mol. The highest BCUT2D eigenvalue weighted by Gasteiger charge is 2.15. The molecule has 29 heavy (non-hydrogen) atoms. The molecule has 0 unspecified atom stereocenters. The Bertz CT molecular complexity index is 1380. The molecule has 0 fully saturated rings. The summed E-state index contributed by atoms with van der Waals surface area (Å²) in [7, 11) is 1.82. The van der Waals surface area contributed by atoms with Crippen molar-refractivity contribution in [2.24, 2.45) is 7.05 Å². The summed E-state index contributed by atoms with van der Waals surface area (Å²) in [4.78, 5) is 16.6. The third-order valence-electron chi connectivity index (χ3n) is 4.59. The van der Waals surface area contributed by atoms with Gasteiger partial charge in [0.2, 0.25) is 0 Å². The molecule has 0 spiro atoms. The molecule has 8 nitrogen and oxygen atoms in total. The van der Waals surface area contributed by atoms with Crippen LogP contribution in [0.4, 0.5) is 15.9 Å². The molecule has 0 saturated carbocycles. The summed E-state index contributed by atoms with van der Waals surface area (Å²) < 4.78 is 16.5. The number of benzene rings is 2. The fourth-order valence-corrected chi connectivity index (χ4v) is 3.23. The maximum absolute atomic E-state index is 14.9. The van der Waals surface area contributed by atoms with Gasteiger partial charge >= 0.3 is 0 Å². The van der Waals surface area contributed by atoms with Crippen LogP contribution in [-0.2, 0) is 7.05 Å². The molecule has 0 aliphatic heterocycles. The van der Waals surface area contributed by atoms with Gasteiger partial charge < -0.3 is 10.4 Å². The smallest absolute Gasteiger partial charge is 0.174 e. The van der Waals surface area contributed by atoms with Crippen LogP contribution in [0.1, 0.15) is 0 Å². The normalized spacial score (nSPS) is 11.2. The van der Waals surface area contributed by atoms with Crippen LogP contribution >= 0.6 is 0 Å². The summed E-state index contributed by atoms with van der Waals surface area (Å²) in [6.45, 7) is 0. The predicted octanol–water partition coefficient (Wildman–Crippen LogP) is 3.56. The van der Waals surface area contributed by atoms with Gasteiger partial charge in [0.05, 0.1) is 28.3 Å². The van der Waals surface area contributed by atoms with Crippen LogP contribution in [-0.4, -0.2) is 34.8 Å². The van der Waals surface area contributed by atoms with Gasteiger partial charge in [0.1, 0.15) is 23.4 Å². The van der Waals surface area contributed by atoms with Gasteiger partial charge in [-0.15, -0.1) is 0 Å². The van der Waals surface area contributed by atoms with E-state index >= 15 is 0 Å². The lowest BCUT2D eigenvalue weighted by Crippen LogP contribution is -2.00. The van der Waals surface area contributed by atoms with E-state index in [9.17, 15) is 9.50 Å². The first-order valence-corrected chi connectivity index (χ1v) is 8.73. The van der Waals surface area contributed by atoms with Crippen molar-refractivity contribution in [2.75, 3.05) is 5.32 Å². The molecule has 142 valence electrons. The number of aryl methyl sites for hydroxylation is 1. The van der Waals surface area contributed by atoms with Crippen LogP contribution in [0, 0.1) is 5.82 Å². The first kappa shape index (κ1) is 17.0. The predicted molar refractivity (Wildman–Crippen MR) is 106 cm³/mol. The molecule has 0 radical (unpaired) electrons. The van der Waals surface area contributed by atoms with Crippen molar-refractivity contribution in [1.82, 2.24) is 29.7 Å². The van der Waals surface area contributed by atoms with E-state index in [0.717, 1.165) is 11.1 Å². The first-order chi connectivity index (χ1) is 14.1. The van der Waals surface area contributed by atoms with E-state index in [1.54, 1.807) is 29.1 Å². The second kappa shape index (κ2) is 6.48. The number of rotatable bonds is 3. The van der Waals surface area contributed by atoms with Gasteiger partial charge in [-0.1, -0.05) is 0 Å². The van der Waals surface area contributed by atoms with Crippen LogP contribution < -0.4 is 5.32 Å². The van der Waals surface area contributed by atoms with Crippen molar-refractivity contribution in [2.45, 2.75) is 0 Å². The van der Waals surface area contributed by atoms with E-state index in [0.29, 0.717) is 16.4 Å². The van der Waals surface area contributed by atoms with E-state index in [1.807, 2.05) is 19.3 Å². The fourth-order valence-electron chi connectivity index (χ4n) is 3.23. The minimum absolute atomic E-state index is 0.0227. The van der Waals surface area contributed by atoms with Crippen LogP contribution in [0.5, 0.6) is 5.75 Å². The summed E-state index contributed by atoms with van der Waals surface area (Å²) in [6.07, 6.45) is 7.83. The second-order valence-electron chi connectivity index (χ2n) is 6.49. The summed E-state index contributed by atoms with van der Waals surface area (Å²) in [6, 6.07) is 6.65. The minimum atomic E-state index is -0.547. The van der Waals surface area contributed by atoms with E-state index in [4.69, 9.17) is 0 Å². The largest absolute Gasteiger partial charge is 0.507 e. The maximum atomic E-state index is 14.9. The number of phenolic OH excluding ortho intramolecular Hbond substituents is 1. The fraction of sp³-hybridized carbons (Fsp3) is 0.0500. The minimum Gasteiger partial charge on any atom is -0.507 e. The van der Waals surface area contributed by atoms with E-state index in [2.05, 4.69) is 30.4 Å². The van der Waals surface area contributed by atoms with Crippen molar-refractivity contribution in [3.63, 3.8) is 0 Å². The zero-order chi connectivity index (χ0) is 20.0. The molecule has 0 bridgehead atoms. The molecule has 0 atom stereocenters. The average Bonchev–Trinajstić information content (AvgIpc) is 3.16. The van der Waals surface area contributed by atoms with Gasteiger partial charge in [-0.3, -0.25) is 9.67 Å². The third kappa shape index (κ3) is 2.89. The molecule has 0 aliphatic rings.